The number of hydrogen-bond donors (Lipinski definition) is 0. The van der Waals surface area contributed by atoms with Gasteiger partial charge in [-0.15, -0.1) is 0 Å². The van der Waals surface area contributed by atoms with Gasteiger partial charge < -0.3 is 17.3 Å². The Labute approximate surface area is 237 Å². The zero-order valence-electron chi connectivity index (χ0n) is 27.3. The van der Waals surface area contributed by atoms with Crippen LogP contribution in [-0.4, -0.2) is 176 Å². The first-order valence-electron chi connectivity index (χ1n) is 12.0. The maximum absolute atomic E-state index is 9.75. The molecule has 238 valence electrons. The fourth-order valence-corrected chi connectivity index (χ4v) is 21.8. The molecule has 39 heavy (non-hydrogen) atoms. The van der Waals surface area contributed by atoms with Crippen molar-refractivity contribution in [2.75, 3.05) is 127 Å². The molecule has 0 unspecified atom stereocenters. The Morgan fingerprint density at radius 3 is 0.538 bits per heavy atom. The van der Waals surface area contributed by atoms with Crippen LogP contribution in [0.3, 0.4) is 0 Å². The first kappa shape index (κ1) is 41.7. The van der Waals surface area contributed by atoms with Crippen molar-refractivity contribution in [3.63, 3.8) is 0 Å². The fraction of sp³-hybridized carbons (Fsp3) is 1.00. The molecule has 0 aromatic carbocycles. The van der Waals surface area contributed by atoms with Crippen molar-refractivity contribution >= 4 is 38.1 Å². The molecule has 0 fully saturated rings. The lowest BCUT2D eigenvalue weighted by molar-refractivity contribution is 0.368. The normalized spacial score (nSPS) is 14.2. The Kier molecular flexibility index (Phi) is 17.5. The number of rotatable bonds is 12. The molecule has 21 heteroatoms. The topological polar surface area (TPSA) is 66.2 Å². The van der Waals surface area contributed by atoms with Crippen LogP contribution in [0.5, 0.6) is 0 Å². The predicted octanol–water partition coefficient (Wildman–Crippen LogP) is 5.14. The summed E-state index contributed by atoms with van der Waals surface area (Å²) in [6.07, 6.45) is 0. The lowest BCUT2D eigenvalue weighted by atomic mass is 10.3. The van der Waals surface area contributed by atoms with Crippen LogP contribution in [0, 0.1) is 0 Å². The molecule has 0 aromatic rings. The molecule has 0 heterocycles. The number of hydrogen-bond acceptors (Lipinski definition) is 3. The highest BCUT2D eigenvalue weighted by Crippen LogP contribution is 2.72. The third-order valence-electron chi connectivity index (χ3n) is 5.50. The third kappa shape index (κ3) is 10.6. The Hall–Kier alpha value is 0.545. The lowest BCUT2D eigenvalue weighted by Crippen LogP contribution is -2.31. The Balaban J connectivity index is 0. The monoisotopic (exact) mass is 650 g/mol. The standard InChI is InChI=1S/C18H54N12P4.BF4/c1-22(2)32(23(3)4,24(5)6)19-31(20-33(25(7)8,26(9)10)27(11)12)21-34(28(13)14,29(15)16)30(17)18;2-1(3,4)5/h1-18H3;/q;-1/p+1. The van der Waals surface area contributed by atoms with E-state index < -0.39 is 38.1 Å². The second-order valence-corrected chi connectivity index (χ2v) is 23.7. The molecule has 0 amide bonds. The van der Waals surface area contributed by atoms with Gasteiger partial charge in [-0.3, -0.25) is 0 Å². The van der Waals surface area contributed by atoms with Crippen molar-refractivity contribution in [1.29, 1.82) is 0 Å². The smallest absolute Gasteiger partial charge is 0.418 e. The number of nitrogens with zero attached hydrogens (tertiary/aromatic N) is 12. The van der Waals surface area contributed by atoms with Gasteiger partial charge in [-0.1, -0.05) is 13.5 Å². The van der Waals surface area contributed by atoms with Gasteiger partial charge in [0.1, 0.15) is 0 Å². The predicted molar refractivity (Wildman–Crippen MR) is 170 cm³/mol. The van der Waals surface area contributed by atoms with Crippen molar-refractivity contribution in [3.05, 3.63) is 0 Å². The Bertz CT molecular complexity index is 713. The summed E-state index contributed by atoms with van der Waals surface area (Å²) >= 11 is 0. The summed E-state index contributed by atoms with van der Waals surface area (Å²) in [5.74, 6) is 0. The molecule has 0 rings (SSSR count). The summed E-state index contributed by atoms with van der Waals surface area (Å²) in [6.45, 7) is 0. The van der Waals surface area contributed by atoms with Crippen molar-refractivity contribution < 1.29 is 17.3 Å². The van der Waals surface area contributed by atoms with Crippen LogP contribution in [-0.2, 0) is 0 Å². The quantitative estimate of drug-likeness (QED) is 0.162. The molecule has 12 nitrogen and oxygen atoms in total. The van der Waals surface area contributed by atoms with Crippen molar-refractivity contribution in [1.82, 2.24) is 42.0 Å². The molecule has 0 atom stereocenters. The number of halogens is 4. The summed E-state index contributed by atoms with van der Waals surface area (Å²) in [6, 6.07) is 0. The SMILES string of the molecule is CN(C)P(=N[PH+](N=P(N(C)C)(N(C)C)N(C)C)N=P(N(C)C)(N(C)C)N(C)C)(N(C)C)N(C)C.F[B-](F)(F)F. The van der Waals surface area contributed by atoms with Crippen LogP contribution >= 0.6 is 30.9 Å². The Morgan fingerprint density at radius 2 is 0.462 bits per heavy atom. The summed E-state index contributed by atoms with van der Waals surface area (Å²) < 4.78 is 76.0. The van der Waals surface area contributed by atoms with Gasteiger partial charge in [0, 0.05) is 0 Å². The summed E-state index contributed by atoms with van der Waals surface area (Å²) in [5.41, 5.74) is 0. The van der Waals surface area contributed by atoms with Gasteiger partial charge in [-0.2, -0.15) is 0 Å². The van der Waals surface area contributed by atoms with Gasteiger partial charge in [0.2, 0.25) is 22.5 Å². The van der Waals surface area contributed by atoms with Gasteiger partial charge in [0.05, 0.1) is 0 Å². The molecule has 0 saturated carbocycles. The van der Waals surface area contributed by atoms with Gasteiger partial charge >= 0.3 is 15.6 Å². The van der Waals surface area contributed by atoms with Crippen LogP contribution in [0.4, 0.5) is 17.3 Å². The highest BCUT2D eigenvalue weighted by Gasteiger charge is 2.41. The first-order valence-corrected chi connectivity index (χ1v) is 18.1. The molecule has 0 aliphatic heterocycles. The van der Waals surface area contributed by atoms with E-state index in [1.807, 2.05) is 0 Å². The summed E-state index contributed by atoms with van der Waals surface area (Å²) in [5, 5.41) is 0. The lowest BCUT2D eigenvalue weighted by Gasteiger charge is -2.42. The van der Waals surface area contributed by atoms with Crippen LogP contribution < -0.4 is 0 Å². The maximum Gasteiger partial charge on any atom is 0.673 e. The van der Waals surface area contributed by atoms with E-state index in [2.05, 4.69) is 169 Å². The van der Waals surface area contributed by atoms with E-state index in [0.29, 0.717) is 0 Å². The average molecular weight is 650 g/mol. The maximum atomic E-state index is 9.75. The third-order valence-corrected chi connectivity index (χ3v) is 20.5. The van der Waals surface area contributed by atoms with Crippen LogP contribution in [0.15, 0.2) is 13.5 Å². The fourth-order valence-electron chi connectivity index (χ4n) is 4.44. The molecule has 0 spiro atoms. The largest absolute Gasteiger partial charge is 0.673 e. The van der Waals surface area contributed by atoms with Crippen molar-refractivity contribution in [2.45, 2.75) is 0 Å². The van der Waals surface area contributed by atoms with E-state index in [1.165, 1.54) is 0 Å². The highest BCUT2D eigenvalue weighted by molar-refractivity contribution is 7.76. The first-order chi connectivity index (χ1) is 17.3. The van der Waals surface area contributed by atoms with Crippen molar-refractivity contribution in [2.24, 2.45) is 13.5 Å². The zero-order valence-corrected chi connectivity index (χ0v) is 31.0. The van der Waals surface area contributed by atoms with Crippen LogP contribution in [0.2, 0.25) is 0 Å². The zero-order chi connectivity index (χ0) is 31.9. The molecular formula is C18H55BF4N12P4. The highest BCUT2D eigenvalue weighted by atomic mass is 31.2. The van der Waals surface area contributed by atoms with Crippen LogP contribution in [0.25, 0.3) is 0 Å². The van der Waals surface area contributed by atoms with E-state index in [9.17, 15) is 17.3 Å². The molecule has 0 aliphatic carbocycles. The second-order valence-electron chi connectivity index (χ2n) is 10.3. The van der Waals surface area contributed by atoms with Crippen LogP contribution in [0.1, 0.15) is 0 Å². The van der Waals surface area contributed by atoms with Gasteiger partial charge in [-0.05, 0) is 127 Å². The minimum absolute atomic E-state index is 1.97. The Morgan fingerprint density at radius 1 is 0.359 bits per heavy atom. The minimum atomic E-state index is -6.00. The summed E-state index contributed by atoms with van der Waals surface area (Å²) in [7, 11) is 23.3. The van der Waals surface area contributed by atoms with Gasteiger partial charge in [0.25, 0.3) is 0 Å². The molecule has 0 radical (unpaired) electrons. The molecule has 0 saturated heterocycles. The van der Waals surface area contributed by atoms with Crippen molar-refractivity contribution in [3.8, 4) is 0 Å². The van der Waals surface area contributed by atoms with Gasteiger partial charge in [0.15, 0.2) is 0 Å². The van der Waals surface area contributed by atoms with E-state index in [-0.39, 0.29) is 0 Å². The van der Waals surface area contributed by atoms with E-state index >= 15 is 0 Å². The molecule has 0 bridgehead atoms. The summed E-state index contributed by atoms with van der Waals surface area (Å²) in [4.78, 5) is 0. The molecule has 0 N–H and O–H groups in total. The molecule has 0 aromatic heterocycles. The van der Waals surface area contributed by atoms with Gasteiger partial charge in [-0.25, -0.2) is 42.0 Å². The van der Waals surface area contributed by atoms with E-state index in [1.54, 1.807) is 0 Å². The van der Waals surface area contributed by atoms with E-state index in [0.717, 1.165) is 0 Å². The average Bonchev–Trinajstić information content (AvgIpc) is 2.69. The minimum Gasteiger partial charge on any atom is -0.418 e. The molecule has 0 aliphatic rings. The second kappa shape index (κ2) is 16.4. The molecular weight excluding hydrogens is 595 g/mol. The van der Waals surface area contributed by atoms with E-state index in [4.69, 9.17) is 13.5 Å².